The van der Waals surface area contributed by atoms with Gasteiger partial charge < -0.3 is 15.5 Å². The fraction of sp³-hybridized carbons (Fsp3) is 1.00. The highest BCUT2D eigenvalue weighted by Crippen LogP contribution is 2.11. The summed E-state index contributed by atoms with van der Waals surface area (Å²) in [4.78, 5) is 2.33. The minimum absolute atomic E-state index is 0.654. The van der Waals surface area contributed by atoms with E-state index in [0.29, 0.717) is 6.04 Å². The van der Waals surface area contributed by atoms with Gasteiger partial charge in [0, 0.05) is 12.6 Å². The van der Waals surface area contributed by atoms with Crippen LogP contribution >= 0.6 is 0 Å². The maximum absolute atomic E-state index is 3.65. The highest BCUT2D eigenvalue weighted by atomic mass is 15.1. The second-order valence-electron chi connectivity index (χ2n) is 5.63. The van der Waals surface area contributed by atoms with Crippen LogP contribution in [0, 0.1) is 11.8 Å². The smallest absolute Gasteiger partial charge is 0.0237 e. The Balaban J connectivity index is 2.16. The minimum Gasteiger partial charge on any atom is -0.317 e. The van der Waals surface area contributed by atoms with Crippen LogP contribution in [0.1, 0.15) is 26.7 Å². The zero-order valence-corrected chi connectivity index (χ0v) is 11.4. The number of hydrogen-bond acceptors (Lipinski definition) is 3. The molecule has 16 heavy (non-hydrogen) atoms. The fourth-order valence-electron chi connectivity index (χ4n) is 2.54. The molecule has 1 aliphatic rings. The topological polar surface area (TPSA) is 27.3 Å². The second kappa shape index (κ2) is 7.25. The van der Waals surface area contributed by atoms with Crippen LogP contribution in [0.15, 0.2) is 0 Å². The van der Waals surface area contributed by atoms with Gasteiger partial charge in [0.05, 0.1) is 0 Å². The Labute approximate surface area is 101 Å². The van der Waals surface area contributed by atoms with Gasteiger partial charge in [-0.25, -0.2) is 0 Å². The number of likely N-dealkylation sites (N-methyl/N-ethyl adjacent to an activating group) is 1. The Morgan fingerprint density at radius 1 is 1.25 bits per heavy atom. The van der Waals surface area contributed by atoms with E-state index in [4.69, 9.17) is 0 Å². The zero-order valence-electron chi connectivity index (χ0n) is 11.4. The average Bonchev–Trinajstić information content (AvgIpc) is 2.24. The van der Waals surface area contributed by atoms with E-state index in [-0.39, 0.29) is 0 Å². The van der Waals surface area contributed by atoms with Crippen molar-refractivity contribution >= 4 is 0 Å². The summed E-state index contributed by atoms with van der Waals surface area (Å²) in [7, 11) is 4.35. The molecule has 96 valence electrons. The van der Waals surface area contributed by atoms with E-state index >= 15 is 0 Å². The van der Waals surface area contributed by atoms with Crippen molar-refractivity contribution < 1.29 is 0 Å². The molecule has 0 radical (unpaired) electrons. The van der Waals surface area contributed by atoms with Crippen LogP contribution in [0.25, 0.3) is 0 Å². The van der Waals surface area contributed by atoms with E-state index in [9.17, 15) is 0 Å². The molecule has 0 aliphatic carbocycles. The van der Waals surface area contributed by atoms with E-state index in [1.807, 2.05) is 0 Å². The SMILES string of the molecule is CC(C)C(CNCC1CCNCC1)N(C)C. The van der Waals surface area contributed by atoms with Crippen LogP contribution in [0.2, 0.25) is 0 Å². The van der Waals surface area contributed by atoms with Crippen molar-refractivity contribution in [1.29, 1.82) is 0 Å². The first-order valence-electron chi connectivity index (χ1n) is 6.69. The van der Waals surface area contributed by atoms with Crippen LogP contribution in [-0.2, 0) is 0 Å². The molecule has 1 saturated heterocycles. The van der Waals surface area contributed by atoms with Crippen LogP contribution in [0.3, 0.4) is 0 Å². The molecule has 1 fully saturated rings. The van der Waals surface area contributed by atoms with Gasteiger partial charge in [-0.3, -0.25) is 0 Å². The standard InChI is InChI=1S/C13H29N3/c1-11(2)13(16(3)4)10-15-9-12-5-7-14-8-6-12/h11-15H,5-10H2,1-4H3. The molecule has 1 atom stereocenters. The van der Waals surface area contributed by atoms with Gasteiger partial charge >= 0.3 is 0 Å². The number of nitrogens with one attached hydrogen (secondary N) is 2. The highest BCUT2D eigenvalue weighted by Gasteiger charge is 2.17. The van der Waals surface area contributed by atoms with Crippen molar-refractivity contribution in [1.82, 2.24) is 15.5 Å². The lowest BCUT2D eigenvalue weighted by atomic mass is 9.97. The lowest BCUT2D eigenvalue weighted by molar-refractivity contribution is 0.219. The van der Waals surface area contributed by atoms with Gasteiger partial charge in [0.1, 0.15) is 0 Å². The molecule has 3 nitrogen and oxygen atoms in total. The van der Waals surface area contributed by atoms with Crippen LogP contribution in [0.4, 0.5) is 0 Å². The van der Waals surface area contributed by atoms with Crippen molar-refractivity contribution in [3.63, 3.8) is 0 Å². The van der Waals surface area contributed by atoms with Crippen molar-refractivity contribution in [2.75, 3.05) is 40.3 Å². The Kier molecular flexibility index (Phi) is 6.32. The molecule has 1 aliphatic heterocycles. The summed E-state index contributed by atoms with van der Waals surface area (Å²) >= 11 is 0. The molecular formula is C13H29N3. The first-order chi connectivity index (χ1) is 7.61. The third kappa shape index (κ3) is 4.81. The Morgan fingerprint density at radius 3 is 2.38 bits per heavy atom. The minimum atomic E-state index is 0.654. The van der Waals surface area contributed by atoms with Gasteiger partial charge in [-0.2, -0.15) is 0 Å². The molecule has 3 heteroatoms. The van der Waals surface area contributed by atoms with Gasteiger partial charge in [-0.05, 0) is 58.4 Å². The zero-order chi connectivity index (χ0) is 12.0. The summed E-state index contributed by atoms with van der Waals surface area (Å²) in [5.74, 6) is 1.60. The molecule has 0 aromatic heterocycles. The van der Waals surface area contributed by atoms with Crippen molar-refractivity contribution in [3.05, 3.63) is 0 Å². The molecule has 0 bridgehead atoms. The summed E-state index contributed by atoms with van der Waals surface area (Å²) in [6.45, 7) is 9.32. The molecule has 0 spiro atoms. The van der Waals surface area contributed by atoms with E-state index in [0.717, 1.165) is 18.4 Å². The maximum atomic E-state index is 3.65. The van der Waals surface area contributed by atoms with Gasteiger partial charge in [0.25, 0.3) is 0 Å². The largest absolute Gasteiger partial charge is 0.317 e. The molecule has 1 unspecified atom stereocenters. The third-order valence-electron chi connectivity index (χ3n) is 3.68. The van der Waals surface area contributed by atoms with E-state index in [1.165, 1.54) is 32.5 Å². The third-order valence-corrected chi connectivity index (χ3v) is 3.68. The highest BCUT2D eigenvalue weighted by molar-refractivity contribution is 4.75. The lowest BCUT2D eigenvalue weighted by Gasteiger charge is -2.30. The predicted octanol–water partition coefficient (Wildman–Crippen LogP) is 1.16. The normalized spacial score (nSPS) is 20.6. The predicted molar refractivity (Wildman–Crippen MR) is 70.8 cm³/mol. The molecule has 2 N–H and O–H groups in total. The maximum Gasteiger partial charge on any atom is 0.0237 e. The fourth-order valence-corrected chi connectivity index (χ4v) is 2.54. The van der Waals surface area contributed by atoms with E-state index in [1.54, 1.807) is 0 Å². The number of rotatable bonds is 6. The Morgan fingerprint density at radius 2 is 1.88 bits per heavy atom. The number of hydrogen-bond donors (Lipinski definition) is 2. The summed E-state index contributed by atoms with van der Waals surface area (Å²) < 4.78 is 0. The van der Waals surface area contributed by atoms with Gasteiger partial charge in [-0.15, -0.1) is 0 Å². The second-order valence-corrected chi connectivity index (χ2v) is 5.63. The van der Waals surface area contributed by atoms with Crippen LogP contribution in [0.5, 0.6) is 0 Å². The lowest BCUT2D eigenvalue weighted by Crippen LogP contribution is -2.43. The summed E-state index contributed by atoms with van der Waals surface area (Å²) in [5.41, 5.74) is 0. The van der Waals surface area contributed by atoms with E-state index in [2.05, 4.69) is 43.5 Å². The molecule has 1 heterocycles. The summed E-state index contributed by atoms with van der Waals surface area (Å²) in [6, 6.07) is 0.654. The number of nitrogens with zero attached hydrogens (tertiary/aromatic N) is 1. The molecule has 1 rings (SSSR count). The Bertz CT molecular complexity index is 166. The first-order valence-corrected chi connectivity index (χ1v) is 6.69. The van der Waals surface area contributed by atoms with Gasteiger partial charge in [-0.1, -0.05) is 13.8 Å². The Hall–Kier alpha value is -0.120. The molecule has 0 saturated carbocycles. The van der Waals surface area contributed by atoms with Gasteiger partial charge in [0.15, 0.2) is 0 Å². The number of piperidine rings is 1. The average molecular weight is 227 g/mol. The van der Waals surface area contributed by atoms with Crippen molar-refractivity contribution in [2.45, 2.75) is 32.7 Å². The molecule has 0 aromatic carbocycles. The monoisotopic (exact) mass is 227 g/mol. The summed E-state index contributed by atoms with van der Waals surface area (Å²) in [5, 5.41) is 7.06. The van der Waals surface area contributed by atoms with Crippen molar-refractivity contribution in [2.24, 2.45) is 11.8 Å². The van der Waals surface area contributed by atoms with Gasteiger partial charge in [0.2, 0.25) is 0 Å². The summed E-state index contributed by atoms with van der Waals surface area (Å²) in [6.07, 6.45) is 2.67. The van der Waals surface area contributed by atoms with Crippen LogP contribution in [-0.4, -0.2) is 51.2 Å². The molecule has 0 amide bonds. The van der Waals surface area contributed by atoms with E-state index < -0.39 is 0 Å². The molecular weight excluding hydrogens is 198 g/mol. The quantitative estimate of drug-likeness (QED) is 0.713. The van der Waals surface area contributed by atoms with Crippen LogP contribution < -0.4 is 10.6 Å². The van der Waals surface area contributed by atoms with Crippen molar-refractivity contribution in [3.8, 4) is 0 Å². The first kappa shape index (κ1) is 13.9. The molecule has 0 aromatic rings.